The third kappa shape index (κ3) is 3.68. The number of carbonyl (C=O) groups is 1. The molecule has 1 amide bonds. The van der Waals surface area contributed by atoms with Crippen LogP contribution in [0.5, 0.6) is 0 Å². The Kier molecular flexibility index (Phi) is 4.40. The summed E-state index contributed by atoms with van der Waals surface area (Å²) in [6, 6.07) is 0. The fourth-order valence-electron chi connectivity index (χ4n) is 2.84. The molecule has 1 saturated heterocycles. The number of rotatable bonds is 2. The first-order valence-electron chi connectivity index (χ1n) is 6.84. The first-order valence-corrected chi connectivity index (χ1v) is 6.84. The number of hydrogen-bond donors (Lipinski definition) is 1. The maximum Gasteiger partial charge on any atom is 0.224 e. The van der Waals surface area contributed by atoms with E-state index in [9.17, 15) is 4.79 Å². The lowest BCUT2D eigenvalue weighted by Gasteiger charge is -2.34. The van der Waals surface area contributed by atoms with E-state index in [4.69, 9.17) is 10.5 Å². The Morgan fingerprint density at radius 3 is 2.65 bits per heavy atom. The van der Waals surface area contributed by atoms with Crippen molar-refractivity contribution in [2.24, 2.45) is 5.73 Å². The van der Waals surface area contributed by atoms with Gasteiger partial charge in [0.2, 0.25) is 5.91 Å². The van der Waals surface area contributed by atoms with Gasteiger partial charge in [-0.1, -0.05) is 19.3 Å². The van der Waals surface area contributed by atoms with E-state index in [2.05, 4.69) is 0 Å². The predicted molar refractivity (Wildman–Crippen MR) is 66.6 cm³/mol. The van der Waals surface area contributed by atoms with Gasteiger partial charge < -0.3 is 15.4 Å². The Labute approximate surface area is 103 Å². The molecular formula is C13H24N2O2. The number of hydrogen-bond acceptors (Lipinski definition) is 3. The van der Waals surface area contributed by atoms with E-state index in [0.29, 0.717) is 13.0 Å². The van der Waals surface area contributed by atoms with Gasteiger partial charge in [-0.25, -0.2) is 0 Å². The highest BCUT2D eigenvalue weighted by molar-refractivity contribution is 5.77. The molecule has 17 heavy (non-hydrogen) atoms. The molecule has 2 N–H and O–H groups in total. The molecule has 1 saturated carbocycles. The Balaban J connectivity index is 1.86. The molecule has 1 heterocycles. The molecule has 0 radical (unpaired) electrons. The highest BCUT2D eigenvalue weighted by atomic mass is 16.5. The van der Waals surface area contributed by atoms with Crippen molar-refractivity contribution in [3.8, 4) is 0 Å². The van der Waals surface area contributed by atoms with E-state index >= 15 is 0 Å². The molecule has 0 aromatic carbocycles. The number of amides is 1. The van der Waals surface area contributed by atoms with E-state index in [1.165, 1.54) is 19.3 Å². The van der Waals surface area contributed by atoms with Crippen LogP contribution in [0.3, 0.4) is 0 Å². The average molecular weight is 240 g/mol. The van der Waals surface area contributed by atoms with Crippen LogP contribution in [0.15, 0.2) is 0 Å². The molecule has 0 atom stereocenters. The van der Waals surface area contributed by atoms with Crippen LogP contribution in [0.1, 0.15) is 44.9 Å². The van der Waals surface area contributed by atoms with Crippen molar-refractivity contribution in [3.63, 3.8) is 0 Å². The molecule has 2 aliphatic rings. The maximum atomic E-state index is 12.2. The van der Waals surface area contributed by atoms with Crippen LogP contribution in [0.2, 0.25) is 0 Å². The predicted octanol–water partition coefficient (Wildman–Crippen LogP) is 1.29. The first-order chi connectivity index (χ1) is 8.20. The summed E-state index contributed by atoms with van der Waals surface area (Å²) in [5.74, 6) is 0.222. The summed E-state index contributed by atoms with van der Waals surface area (Å²) >= 11 is 0. The van der Waals surface area contributed by atoms with Crippen molar-refractivity contribution in [2.45, 2.75) is 50.5 Å². The normalized spacial score (nSPS) is 25.4. The van der Waals surface area contributed by atoms with Crippen molar-refractivity contribution >= 4 is 5.91 Å². The maximum absolute atomic E-state index is 12.2. The van der Waals surface area contributed by atoms with Gasteiger partial charge in [0.1, 0.15) is 0 Å². The van der Waals surface area contributed by atoms with Gasteiger partial charge >= 0.3 is 0 Å². The molecule has 2 rings (SSSR count). The number of nitrogens with two attached hydrogens (primary N) is 1. The van der Waals surface area contributed by atoms with E-state index < -0.39 is 0 Å². The molecule has 4 nitrogen and oxygen atoms in total. The first kappa shape index (κ1) is 12.8. The lowest BCUT2D eigenvalue weighted by molar-refractivity contribution is -0.132. The minimum Gasteiger partial charge on any atom is -0.380 e. The molecule has 1 aliphatic heterocycles. The topological polar surface area (TPSA) is 55.6 Å². The Hall–Kier alpha value is -0.610. The van der Waals surface area contributed by atoms with E-state index in [0.717, 1.165) is 39.0 Å². The fraction of sp³-hybridized carbons (Fsp3) is 0.923. The zero-order valence-corrected chi connectivity index (χ0v) is 10.6. The second-order valence-electron chi connectivity index (χ2n) is 5.45. The van der Waals surface area contributed by atoms with Crippen molar-refractivity contribution < 1.29 is 9.53 Å². The summed E-state index contributed by atoms with van der Waals surface area (Å²) in [6.45, 7) is 3.00. The van der Waals surface area contributed by atoms with Crippen molar-refractivity contribution in [2.75, 3.05) is 26.3 Å². The summed E-state index contributed by atoms with van der Waals surface area (Å²) in [7, 11) is 0. The van der Waals surface area contributed by atoms with Crippen LogP contribution in [0.4, 0.5) is 0 Å². The Bertz CT molecular complexity index is 254. The number of carbonyl (C=O) groups excluding carboxylic acids is 1. The zero-order chi connectivity index (χ0) is 12.1. The van der Waals surface area contributed by atoms with Gasteiger partial charge in [-0.3, -0.25) is 4.79 Å². The van der Waals surface area contributed by atoms with Gasteiger partial charge in [0, 0.05) is 31.7 Å². The van der Waals surface area contributed by atoms with Gasteiger partial charge in [-0.15, -0.1) is 0 Å². The molecule has 0 bridgehead atoms. The second kappa shape index (κ2) is 5.83. The standard InChI is InChI=1S/C13H24N2O2/c14-13(5-2-1-3-6-13)11-12(16)15-7-4-9-17-10-8-15/h1-11,14H2. The van der Waals surface area contributed by atoms with Crippen LogP contribution in [0, 0.1) is 0 Å². The van der Waals surface area contributed by atoms with Gasteiger partial charge in [0.25, 0.3) is 0 Å². The lowest BCUT2D eigenvalue weighted by Crippen LogP contribution is -2.47. The van der Waals surface area contributed by atoms with Crippen LogP contribution in [-0.4, -0.2) is 42.6 Å². The quantitative estimate of drug-likeness (QED) is 0.791. The molecule has 4 heteroatoms. The van der Waals surface area contributed by atoms with E-state index in [1.807, 2.05) is 4.90 Å². The van der Waals surface area contributed by atoms with Crippen molar-refractivity contribution in [1.29, 1.82) is 0 Å². The zero-order valence-electron chi connectivity index (χ0n) is 10.6. The van der Waals surface area contributed by atoms with E-state index in [1.54, 1.807) is 0 Å². The van der Waals surface area contributed by atoms with Crippen molar-refractivity contribution in [3.05, 3.63) is 0 Å². The molecule has 2 fully saturated rings. The largest absolute Gasteiger partial charge is 0.380 e. The summed E-state index contributed by atoms with van der Waals surface area (Å²) in [4.78, 5) is 14.1. The van der Waals surface area contributed by atoms with Crippen LogP contribution in [0.25, 0.3) is 0 Å². The van der Waals surface area contributed by atoms with Crippen molar-refractivity contribution in [1.82, 2.24) is 4.90 Å². The van der Waals surface area contributed by atoms with Crippen LogP contribution >= 0.6 is 0 Å². The van der Waals surface area contributed by atoms with Gasteiger partial charge in [0.05, 0.1) is 6.61 Å². The van der Waals surface area contributed by atoms with Crippen LogP contribution in [-0.2, 0) is 9.53 Å². The van der Waals surface area contributed by atoms with Gasteiger partial charge in [-0.2, -0.15) is 0 Å². The lowest BCUT2D eigenvalue weighted by atomic mass is 9.80. The van der Waals surface area contributed by atoms with Crippen LogP contribution < -0.4 is 5.73 Å². The number of ether oxygens (including phenoxy) is 1. The summed E-state index contributed by atoms with van der Waals surface area (Å²) in [5.41, 5.74) is 6.09. The minimum atomic E-state index is -0.234. The van der Waals surface area contributed by atoms with E-state index in [-0.39, 0.29) is 11.4 Å². The molecule has 98 valence electrons. The molecule has 0 aromatic heterocycles. The average Bonchev–Trinajstić information content (AvgIpc) is 2.57. The molecule has 0 unspecified atom stereocenters. The second-order valence-corrected chi connectivity index (χ2v) is 5.45. The number of nitrogens with zero attached hydrogens (tertiary/aromatic N) is 1. The monoisotopic (exact) mass is 240 g/mol. The van der Waals surface area contributed by atoms with Gasteiger partial charge in [0.15, 0.2) is 0 Å². The minimum absolute atomic E-state index is 0.222. The Morgan fingerprint density at radius 1 is 1.12 bits per heavy atom. The molecule has 1 aliphatic carbocycles. The third-order valence-corrected chi connectivity index (χ3v) is 3.93. The highest BCUT2D eigenvalue weighted by Gasteiger charge is 2.31. The molecule has 0 aromatic rings. The highest BCUT2D eigenvalue weighted by Crippen LogP contribution is 2.29. The Morgan fingerprint density at radius 2 is 1.88 bits per heavy atom. The van der Waals surface area contributed by atoms with Gasteiger partial charge in [-0.05, 0) is 19.3 Å². The molecule has 0 spiro atoms. The molecular weight excluding hydrogens is 216 g/mol. The summed E-state index contributed by atoms with van der Waals surface area (Å²) in [6.07, 6.45) is 7.09. The third-order valence-electron chi connectivity index (χ3n) is 3.93. The SMILES string of the molecule is NC1(CC(=O)N2CCCOCC2)CCCCC1. The fourth-order valence-corrected chi connectivity index (χ4v) is 2.84. The summed E-state index contributed by atoms with van der Waals surface area (Å²) in [5, 5.41) is 0. The smallest absolute Gasteiger partial charge is 0.224 e. The summed E-state index contributed by atoms with van der Waals surface area (Å²) < 4.78 is 5.36.